The average Bonchev–Trinajstić information content (AvgIpc) is 3.28. The van der Waals surface area contributed by atoms with Gasteiger partial charge in [0, 0.05) is 22.2 Å². The fourth-order valence-corrected chi connectivity index (χ4v) is 4.72. The molecule has 4 aromatic rings. The number of hydrogen-bond donors (Lipinski definition) is 3. The van der Waals surface area contributed by atoms with Crippen molar-refractivity contribution in [2.45, 2.75) is 4.90 Å². The fourth-order valence-electron chi connectivity index (χ4n) is 2.96. The highest BCUT2D eigenvalue weighted by atomic mass is 32.2. The number of benzene rings is 3. The van der Waals surface area contributed by atoms with E-state index < -0.39 is 21.9 Å². The number of aromatic nitrogens is 1. The summed E-state index contributed by atoms with van der Waals surface area (Å²) in [6.45, 7) is 0. The first-order chi connectivity index (χ1) is 15.8. The zero-order chi connectivity index (χ0) is 23.4. The summed E-state index contributed by atoms with van der Waals surface area (Å²) in [6.07, 6.45) is 0. The van der Waals surface area contributed by atoms with Crippen molar-refractivity contribution in [2.24, 2.45) is 0 Å². The first-order valence-corrected chi connectivity index (χ1v) is 12.0. The maximum Gasteiger partial charge on any atom is 0.335 e. The summed E-state index contributed by atoms with van der Waals surface area (Å²) in [7, 11) is -3.97. The number of hydrogen-bond acceptors (Lipinski definition) is 6. The van der Waals surface area contributed by atoms with Crippen molar-refractivity contribution < 1.29 is 23.1 Å². The maximum absolute atomic E-state index is 12.6. The van der Waals surface area contributed by atoms with Gasteiger partial charge in [0.15, 0.2) is 5.13 Å². The average molecular weight is 480 g/mol. The third kappa shape index (κ3) is 5.25. The number of nitrogens with one attached hydrogen (secondary N) is 2. The molecule has 0 bridgehead atoms. The van der Waals surface area contributed by atoms with E-state index in [1.807, 2.05) is 35.7 Å². The van der Waals surface area contributed by atoms with Crippen LogP contribution >= 0.6 is 11.3 Å². The molecule has 1 aromatic heterocycles. The first kappa shape index (κ1) is 22.2. The van der Waals surface area contributed by atoms with Crippen LogP contribution < -0.4 is 10.0 Å². The van der Waals surface area contributed by atoms with Gasteiger partial charge in [0.1, 0.15) is 0 Å². The van der Waals surface area contributed by atoms with Gasteiger partial charge in [-0.05, 0) is 42.5 Å². The molecule has 0 radical (unpaired) electrons. The molecule has 4 rings (SSSR count). The molecular formula is C23H17N3O5S2. The topological polar surface area (TPSA) is 125 Å². The van der Waals surface area contributed by atoms with Crippen molar-refractivity contribution in [3.63, 3.8) is 0 Å². The summed E-state index contributed by atoms with van der Waals surface area (Å²) in [5.74, 6) is -1.59. The van der Waals surface area contributed by atoms with E-state index in [-0.39, 0.29) is 21.7 Å². The zero-order valence-corrected chi connectivity index (χ0v) is 18.6. The predicted molar refractivity (Wildman–Crippen MR) is 126 cm³/mol. The van der Waals surface area contributed by atoms with Gasteiger partial charge in [-0.2, -0.15) is 0 Å². The van der Waals surface area contributed by atoms with Gasteiger partial charge in [0.2, 0.25) is 0 Å². The van der Waals surface area contributed by atoms with E-state index in [0.717, 1.165) is 11.3 Å². The number of carboxylic acid groups (broad SMARTS) is 1. The molecule has 0 saturated carbocycles. The third-order valence-corrected chi connectivity index (χ3v) is 6.74. The Balaban J connectivity index is 1.45. The fraction of sp³-hybridized carbons (Fsp3) is 0. The van der Waals surface area contributed by atoms with Gasteiger partial charge in [0.05, 0.1) is 16.2 Å². The van der Waals surface area contributed by atoms with Crippen molar-refractivity contribution in [3.05, 3.63) is 95.4 Å². The van der Waals surface area contributed by atoms with Crippen LogP contribution in [0.3, 0.4) is 0 Å². The number of aromatic carboxylic acids is 1. The van der Waals surface area contributed by atoms with Crippen molar-refractivity contribution in [1.82, 2.24) is 4.98 Å². The molecule has 10 heteroatoms. The summed E-state index contributed by atoms with van der Waals surface area (Å²) >= 11 is 1.29. The Bertz CT molecular complexity index is 1420. The minimum atomic E-state index is -3.97. The molecular weight excluding hydrogens is 462 g/mol. The Morgan fingerprint density at radius 1 is 0.879 bits per heavy atom. The number of carbonyl (C=O) groups is 2. The van der Waals surface area contributed by atoms with Gasteiger partial charge >= 0.3 is 5.97 Å². The van der Waals surface area contributed by atoms with Crippen molar-refractivity contribution in [3.8, 4) is 11.3 Å². The quantitative estimate of drug-likeness (QED) is 0.357. The number of nitrogens with zero attached hydrogens (tertiary/aromatic N) is 1. The lowest BCUT2D eigenvalue weighted by Crippen LogP contribution is -2.15. The standard InChI is InChI=1S/C23H17N3O5S2/c27-21(25-23-24-20(14-32-23)15-5-2-1-3-6-15)16-9-11-19(12-10-16)33(30,31)26-18-8-4-7-17(13-18)22(28)29/h1-14,26H,(H,28,29)(H,24,25,27). The number of thiazole rings is 1. The van der Waals surface area contributed by atoms with Crippen molar-refractivity contribution in [1.29, 1.82) is 0 Å². The predicted octanol–water partition coefficient (Wildman–Crippen LogP) is 4.56. The largest absolute Gasteiger partial charge is 0.478 e. The second kappa shape index (κ2) is 9.23. The first-order valence-electron chi connectivity index (χ1n) is 9.60. The second-order valence-corrected chi connectivity index (χ2v) is 9.41. The Kier molecular flexibility index (Phi) is 6.20. The molecule has 0 saturated heterocycles. The summed E-state index contributed by atoms with van der Waals surface area (Å²) in [4.78, 5) is 28.0. The summed E-state index contributed by atoms with van der Waals surface area (Å²) in [5, 5.41) is 14.0. The van der Waals surface area contributed by atoms with Crippen LogP contribution in [0.15, 0.2) is 89.1 Å². The molecule has 1 heterocycles. The van der Waals surface area contributed by atoms with E-state index in [4.69, 9.17) is 5.11 Å². The molecule has 0 spiro atoms. The van der Waals surface area contributed by atoms with Crippen LogP contribution in [0.1, 0.15) is 20.7 Å². The third-order valence-electron chi connectivity index (χ3n) is 4.58. The minimum absolute atomic E-state index is 0.0418. The van der Waals surface area contributed by atoms with Crippen LogP contribution in [0.4, 0.5) is 10.8 Å². The van der Waals surface area contributed by atoms with E-state index in [9.17, 15) is 18.0 Å². The number of carbonyl (C=O) groups excluding carboxylic acids is 1. The van der Waals surface area contributed by atoms with E-state index >= 15 is 0 Å². The van der Waals surface area contributed by atoms with Crippen LogP contribution in [0, 0.1) is 0 Å². The lowest BCUT2D eigenvalue weighted by atomic mass is 10.2. The molecule has 3 aromatic carbocycles. The number of rotatable bonds is 7. The van der Waals surface area contributed by atoms with Gasteiger partial charge in [-0.25, -0.2) is 18.2 Å². The number of sulfonamides is 1. The van der Waals surface area contributed by atoms with E-state index in [0.29, 0.717) is 5.13 Å². The van der Waals surface area contributed by atoms with E-state index in [1.54, 1.807) is 0 Å². The van der Waals surface area contributed by atoms with Gasteiger partial charge in [-0.15, -0.1) is 11.3 Å². The Morgan fingerprint density at radius 3 is 2.30 bits per heavy atom. The Labute approximate surface area is 193 Å². The molecule has 8 nitrogen and oxygen atoms in total. The zero-order valence-electron chi connectivity index (χ0n) is 16.9. The van der Waals surface area contributed by atoms with Crippen LogP contribution in [-0.2, 0) is 10.0 Å². The van der Waals surface area contributed by atoms with Gasteiger partial charge < -0.3 is 5.11 Å². The molecule has 0 aliphatic heterocycles. The second-order valence-electron chi connectivity index (χ2n) is 6.87. The van der Waals surface area contributed by atoms with Crippen molar-refractivity contribution >= 4 is 44.1 Å². The summed E-state index contributed by atoms with van der Waals surface area (Å²) in [5.41, 5.74) is 2.02. The molecule has 0 aliphatic rings. The minimum Gasteiger partial charge on any atom is -0.478 e. The maximum atomic E-state index is 12.6. The van der Waals surface area contributed by atoms with E-state index in [2.05, 4.69) is 15.0 Å². The van der Waals surface area contributed by atoms with Crippen LogP contribution in [0.5, 0.6) is 0 Å². The lowest BCUT2D eigenvalue weighted by molar-refractivity contribution is 0.0696. The normalized spacial score (nSPS) is 11.0. The van der Waals surface area contributed by atoms with Crippen LogP contribution in [0.2, 0.25) is 0 Å². The number of anilines is 2. The number of carboxylic acids is 1. The van der Waals surface area contributed by atoms with Gasteiger partial charge in [0.25, 0.3) is 15.9 Å². The van der Waals surface area contributed by atoms with E-state index in [1.165, 1.54) is 59.9 Å². The monoisotopic (exact) mass is 479 g/mol. The smallest absolute Gasteiger partial charge is 0.335 e. The molecule has 3 N–H and O–H groups in total. The van der Waals surface area contributed by atoms with Gasteiger partial charge in [-0.3, -0.25) is 14.8 Å². The molecule has 1 amide bonds. The Morgan fingerprint density at radius 2 is 1.61 bits per heavy atom. The summed E-state index contributed by atoms with van der Waals surface area (Å²) in [6, 6.07) is 20.4. The molecule has 0 aliphatic carbocycles. The number of amides is 1. The highest BCUT2D eigenvalue weighted by Crippen LogP contribution is 2.25. The van der Waals surface area contributed by atoms with Crippen LogP contribution in [0.25, 0.3) is 11.3 Å². The molecule has 33 heavy (non-hydrogen) atoms. The summed E-state index contributed by atoms with van der Waals surface area (Å²) < 4.78 is 27.6. The SMILES string of the molecule is O=C(O)c1cccc(NS(=O)(=O)c2ccc(C(=O)Nc3nc(-c4ccccc4)cs3)cc2)c1. The molecule has 0 atom stereocenters. The van der Waals surface area contributed by atoms with Crippen LogP contribution in [-0.4, -0.2) is 30.4 Å². The highest BCUT2D eigenvalue weighted by Gasteiger charge is 2.17. The molecule has 0 unspecified atom stereocenters. The van der Waals surface area contributed by atoms with Crippen molar-refractivity contribution in [2.75, 3.05) is 10.0 Å². The lowest BCUT2D eigenvalue weighted by Gasteiger charge is -2.09. The molecule has 0 fully saturated rings. The highest BCUT2D eigenvalue weighted by molar-refractivity contribution is 7.92. The Hall–Kier alpha value is -4.02. The molecule has 166 valence electrons. The van der Waals surface area contributed by atoms with Gasteiger partial charge in [-0.1, -0.05) is 36.4 Å².